The highest BCUT2D eigenvalue weighted by Crippen LogP contribution is 2.18. The van der Waals surface area contributed by atoms with Crippen LogP contribution >= 0.6 is 0 Å². The number of hydrogen-bond acceptors (Lipinski definition) is 4. The molecule has 0 unspecified atom stereocenters. The van der Waals surface area contributed by atoms with Gasteiger partial charge >= 0.3 is 0 Å². The van der Waals surface area contributed by atoms with Gasteiger partial charge in [0.2, 0.25) is 0 Å². The molecular formula is C21H17N5O. The van der Waals surface area contributed by atoms with E-state index in [1.807, 2.05) is 54.6 Å². The maximum absolute atomic E-state index is 12.4. The van der Waals surface area contributed by atoms with Crippen LogP contribution in [0.5, 0.6) is 0 Å². The average molecular weight is 355 g/mol. The Kier molecular flexibility index (Phi) is 4.70. The zero-order valence-electron chi connectivity index (χ0n) is 14.5. The highest BCUT2D eigenvalue weighted by molar-refractivity contribution is 5.93. The van der Waals surface area contributed by atoms with Crippen molar-refractivity contribution in [2.45, 2.75) is 6.54 Å². The lowest BCUT2D eigenvalue weighted by molar-refractivity contribution is 0.0946. The Hall–Kier alpha value is -3.80. The summed E-state index contributed by atoms with van der Waals surface area (Å²) in [4.78, 5) is 20.9. The quantitative estimate of drug-likeness (QED) is 0.574. The van der Waals surface area contributed by atoms with Gasteiger partial charge in [0.05, 0.1) is 11.4 Å². The summed E-state index contributed by atoms with van der Waals surface area (Å²) in [5, 5.41) is 9.91. The fourth-order valence-electron chi connectivity index (χ4n) is 2.73. The molecule has 0 bridgehead atoms. The first-order valence-electron chi connectivity index (χ1n) is 8.54. The lowest BCUT2D eigenvalue weighted by Gasteiger charge is -2.06. The van der Waals surface area contributed by atoms with Crippen molar-refractivity contribution in [2.75, 3.05) is 0 Å². The van der Waals surface area contributed by atoms with Crippen LogP contribution in [0.25, 0.3) is 22.5 Å². The molecule has 27 heavy (non-hydrogen) atoms. The van der Waals surface area contributed by atoms with Crippen molar-refractivity contribution in [1.29, 1.82) is 0 Å². The van der Waals surface area contributed by atoms with Crippen LogP contribution in [-0.2, 0) is 6.54 Å². The van der Waals surface area contributed by atoms with E-state index < -0.39 is 0 Å². The van der Waals surface area contributed by atoms with Crippen LogP contribution in [0.3, 0.4) is 0 Å². The van der Waals surface area contributed by atoms with E-state index in [0.29, 0.717) is 12.2 Å². The molecule has 6 nitrogen and oxygen atoms in total. The van der Waals surface area contributed by atoms with Crippen molar-refractivity contribution in [3.05, 3.63) is 90.5 Å². The van der Waals surface area contributed by atoms with Crippen molar-refractivity contribution in [3.8, 4) is 22.5 Å². The number of benzene rings is 1. The van der Waals surface area contributed by atoms with Crippen molar-refractivity contribution in [3.63, 3.8) is 0 Å². The Bertz CT molecular complexity index is 1040. The number of carbonyl (C=O) groups excluding carboxylic acids is 1. The van der Waals surface area contributed by atoms with Gasteiger partial charge < -0.3 is 5.32 Å². The zero-order chi connectivity index (χ0) is 18.5. The maximum Gasteiger partial charge on any atom is 0.269 e. The van der Waals surface area contributed by atoms with Crippen LogP contribution in [0.4, 0.5) is 0 Å². The number of amides is 1. The molecule has 3 heterocycles. The smallest absolute Gasteiger partial charge is 0.269 e. The minimum absolute atomic E-state index is 0.204. The lowest BCUT2D eigenvalue weighted by atomic mass is 10.1. The molecule has 0 aliphatic rings. The Morgan fingerprint density at radius 1 is 0.926 bits per heavy atom. The van der Waals surface area contributed by atoms with Crippen LogP contribution in [0.1, 0.15) is 16.1 Å². The van der Waals surface area contributed by atoms with Crippen LogP contribution in [-0.4, -0.2) is 26.1 Å². The summed E-state index contributed by atoms with van der Waals surface area (Å²) in [6, 6.07) is 19.1. The number of rotatable bonds is 5. The highest BCUT2D eigenvalue weighted by atomic mass is 16.1. The molecule has 0 fully saturated rings. The predicted octanol–water partition coefficient (Wildman–Crippen LogP) is 3.46. The minimum Gasteiger partial charge on any atom is -0.347 e. The van der Waals surface area contributed by atoms with Crippen molar-refractivity contribution in [1.82, 2.24) is 25.5 Å². The van der Waals surface area contributed by atoms with E-state index in [1.54, 1.807) is 24.7 Å². The first-order valence-corrected chi connectivity index (χ1v) is 8.54. The number of aromatic amines is 1. The third-order valence-electron chi connectivity index (χ3n) is 4.13. The number of nitrogens with zero attached hydrogens (tertiary/aromatic N) is 3. The molecule has 3 aromatic heterocycles. The Balaban J connectivity index is 1.43. The Morgan fingerprint density at radius 2 is 1.78 bits per heavy atom. The second kappa shape index (κ2) is 7.61. The SMILES string of the molecule is O=C(NCc1ccnc(-c2cccnc2)c1)c1cc(-c2ccccc2)n[nH]1. The van der Waals surface area contributed by atoms with Gasteiger partial charge in [-0.05, 0) is 35.9 Å². The predicted molar refractivity (Wildman–Crippen MR) is 103 cm³/mol. The molecule has 0 saturated carbocycles. The van der Waals surface area contributed by atoms with Gasteiger partial charge in [-0.15, -0.1) is 0 Å². The van der Waals surface area contributed by atoms with Crippen LogP contribution in [0.2, 0.25) is 0 Å². The molecule has 1 amide bonds. The number of nitrogens with one attached hydrogen (secondary N) is 2. The van der Waals surface area contributed by atoms with E-state index in [9.17, 15) is 4.79 Å². The maximum atomic E-state index is 12.4. The van der Waals surface area contributed by atoms with Gasteiger partial charge in [0.15, 0.2) is 0 Å². The highest BCUT2D eigenvalue weighted by Gasteiger charge is 2.11. The van der Waals surface area contributed by atoms with Crippen LogP contribution in [0.15, 0.2) is 79.3 Å². The summed E-state index contributed by atoms with van der Waals surface area (Å²) >= 11 is 0. The molecule has 1 aromatic carbocycles. The van der Waals surface area contributed by atoms with E-state index in [4.69, 9.17) is 0 Å². The fourth-order valence-corrected chi connectivity index (χ4v) is 2.73. The molecule has 132 valence electrons. The molecule has 6 heteroatoms. The Morgan fingerprint density at radius 3 is 2.59 bits per heavy atom. The van der Waals surface area contributed by atoms with E-state index in [0.717, 1.165) is 28.1 Å². The summed E-state index contributed by atoms with van der Waals surface area (Å²) in [6.07, 6.45) is 5.22. The third-order valence-corrected chi connectivity index (χ3v) is 4.13. The fraction of sp³-hybridized carbons (Fsp3) is 0.0476. The van der Waals surface area contributed by atoms with Gasteiger partial charge in [0, 0.05) is 36.3 Å². The zero-order valence-corrected chi connectivity index (χ0v) is 14.5. The van der Waals surface area contributed by atoms with Gasteiger partial charge in [0.1, 0.15) is 5.69 Å². The van der Waals surface area contributed by atoms with Crippen LogP contribution in [0, 0.1) is 0 Å². The molecule has 4 rings (SSSR count). The molecule has 4 aromatic rings. The topological polar surface area (TPSA) is 83.6 Å². The molecule has 0 radical (unpaired) electrons. The second-order valence-electron chi connectivity index (χ2n) is 6.01. The standard InChI is InChI=1S/C21H17N5O/c27-21(20-12-19(25-26-20)16-5-2-1-3-6-16)24-13-15-8-10-23-18(11-15)17-7-4-9-22-14-17/h1-12,14H,13H2,(H,24,27)(H,25,26). The Labute approximate surface area is 156 Å². The van der Waals surface area contributed by atoms with Crippen molar-refractivity contribution in [2.24, 2.45) is 0 Å². The number of hydrogen-bond donors (Lipinski definition) is 2. The number of carbonyl (C=O) groups is 1. The number of aromatic nitrogens is 4. The van der Waals surface area contributed by atoms with Gasteiger partial charge in [-0.2, -0.15) is 5.10 Å². The largest absolute Gasteiger partial charge is 0.347 e. The number of pyridine rings is 2. The first-order chi connectivity index (χ1) is 13.3. The molecule has 0 aliphatic heterocycles. The normalized spacial score (nSPS) is 10.5. The van der Waals surface area contributed by atoms with E-state index in [1.165, 1.54) is 0 Å². The summed E-state index contributed by atoms with van der Waals surface area (Å²) < 4.78 is 0. The molecule has 0 atom stereocenters. The minimum atomic E-state index is -0.204. The molecule has 2 N–H and O–H groups in total. The van der Waals surface area contributed by atoms with Gasteiger partial charge in [-0.25, -0.2) is 0 Å². The van der Waals surface area contributed by atoms with E-state index >= 15 is 0 Å². The van der Waals surface area contributed by atoms with E-state index in [-0.39, 0.29) is 5.91 Å². The summed E-state index contributed by atoms with van der Waals surface area (Å²) in [6.45, 7) is 0.397. The van der Waals surface area contributed by atoms with Crippen molar-refractivity contribution >= 4 is 5.91 Å². The van der Waals surface area contributed by atoms with Gasteiger partial charge in [-0.1, -0.05) is 30.3 Å². The summed E-state index contributed by atoms with van der Waals surface area (Å²) in [5.41, 5.74) is 4.84. The van der Waals surface area contributed by atoms with Crippen LogP contribution < -0.4 is 5.32 Å². The second-order valence-corrected chi connectivity index (χ2v) is 6.01. The average Bonchev–Trinajstić information content (AvgIpc) is 3.24. The number of H-pyrrole nitrogens is 1. The van der Waals surface area contributed by atoms with E-state index in [2.05, 4.69) is 25.5 Å². The molecular weight excluding hydrogens is 338 g/mol. The molecule has 0 spiro atoms. The van der Waals surface area contributed by atoms with Gasteiger partial charge in [0.25, 0.3) is 5.91 Å². The molecule has 0 saturated heterocycles. The first kappa shape index (κ1) is 16.7. The summed E-state index contributed by atoms with van der Waals surface area (Å²) in [5.74, 6) is -0.204. The van der Waals surface area contributed by atoms with Gasteiger partial charge in [-0.3, -0.25) is 19.9 Å². The summed E-state index contributed by atoms with van der Waals surface area (Å²) in [7, 11) is 0. The van der Waals surface area contributed by atoms with Crippen molar-refractivity contribution < 1.29 is 4.79 Å². The lowest BCUT2D eigenvalue weighted by Crippen LogP contribution is -2.23. The monoisotopic (exact) mass is 355 g/mol. The molecule has 0 aliphatic carbocycles. The third kappa shape index (κ3) is 3.90.